The van der Waals surface area contributed by atoms with Crippen LogP contribution in [0, 0.1) is 0 Å². The number of aliphatic imine (C=N–C) groups is 1. The molecule has 0 fully saturated rings. The van der Waals surface area contributed by atoms with Crippen molar-refractivity contribution in [2.45, 2.75) is 6.54 Å². The number of halogens is 1. The molecule has 11 heteroatoms. The van der Waals surface area contributed by atoms with Gasteiger partial charge in [-0.2, -0.15) is 5.10 Å². The molecule has 0 atom stereocenters. The predicted octanol–water partition coefficient (Wildman–Crippen LogP) is 2.41. The van der Waals surface area contributed by atoms with E-state index in [-0.39, 0.29) is 24.0 Å². The Balaban J connectivity index is 0.00000272. The second kappa shape index (κ2) is 10.7. The Kier molecular flexibility index (Phi) is 7.76. The molecule has 4 rings (SSSR count). The molecule has 0 spiro atoms. The van der Waals surface area contributed by atoms with Crippen LogP contribution in [0.2, 0.25) is 0 Å². The lowest BCUT2D eigenvalue weighted by Crippen LogP contribution is -2.39. The summed E-state index contributed by atoms with van der Waals surface area (Å²) >= 11 is 0. The van der Waals surface area contributed by atoms with Gasteiger partial charge >= 0.3 is 0 Å². The lowest BCUT2D eigenvalue weighted by atomic mass is 10.2. The lowest BCUT2D eigenvalue weighted by Gasteiger charge is -2.11. The molecule has 3 heterocycles. The first kappa shape index (κ1) is 22.5. The Morgan fingerprint density at radius 3 is 2.77 bits per heavy atom. The maximum absolute atomic E-state index is 5.56. The summed E-state index contributed by atoms with van der Waals surface area (Å²) in [7, 11) is 3.58. The maximum atomic E-state index is 5.56. The lowest BCUT2D eigenvalue weighted by molar-refractivity contribution is 0.572. The van der Waals surface area contributed by atoms with Crippen LogP contribution in [0.1, 0.15) is 5.69 Å². The van der Waals surface area contributed by atoms with Crippen LogP contribution in [0.5, 0.6) is 0 Å². The van der Waals surface area contributed by atoms with E-state index in [1.165, 1.54) is 6.33 Å². The molecule has 0 saturated heterocycles. The van der Waals surface area contributed by atoms with E-state index in [4.69, 9.17) is 4.42 Å². The molecule has 0 aliphatic heterocycles. The molecule has 162 valence electrons. The van der Waals surface area contributed by atoms with Gasteiger partial charge in [0, 0.05) is 32.7 Å². The predicted molar refractivity (Wildman–Crippen MR) is 130 cm³/mol. The monoisotopic (exact) mass is 533 g/mol. The maximum Gasteiger partial charge on any atom is 0.226 e. The van der Waals surface area contributed by atoms with Crippen LogP contribution in [-0.4, -0.2) is 50.8 Å². The topological polar surface area (TPSA) is 118 Å². The molecule has 31 heavy (non-hydrogen) atoms. The number of hydrogen-bond donors (Lipinski definition) is 3. The van der Waals surface area contributed by atoms with Crippen molar-refractivity contribution in [2.24, 2.45) is 12.0 Å². The molecule has 4 aromatic rings. The minimum Gasteiger partial charge on any atom is -0.444 e. The van der Waals surface area contributed by atoms with Crippen molar-refractivity contribution in [3.8, 4) is 11.5 Å². The van der Waals surface area contributed by atoms with E-state index < -0.39 is 0 Å². The van der Waals surface area contributed by atoms with E-state index in [1.54, 1.807) is 24.2 Å². The highest BCUT2D eigenvalue weighted by Crippen LogP contribution is 2.18. The fraction of sp³-hybridized carbons (Fsp3) is 0.250. The van der Waals surface area contributed by atoms with Crippen molar-refractivity contribution in [3.05, 3.63) is 54.8 Å². The minimum atomic E-state index is 0. The molecule has 3 aromatic heterocycles. The second-order valence-electron chi connectivity index (χ2n) is 6.52. The summed E-state index contributed by atoms with van der Waals surface area (Å²) in [5.41, 5.74) is 2.54. The van der Waals surface area contributed by atoms with E-state index in [0.29, 0.717) is 31.5 Å². The number of benzene rings is 1. The molecule has 0 unspecified atom stereocenters. The van der Waals surface area contributed by atoms with Gasteiger partial charge in [0.1, 0.15) is 18.4 Å². The van der Waals surface area contributed by atoms with Gasteiger partial charge in [-0.1, -0.05) is 18.2 Å². The zero-order valence-corrected chi connectivity index (χ0v) is 19.6. The number of anilines is 1. The van der Waals surface area contributed by atoms with Crippen molar-refractivity contribution < 1.29 is 4.42 Å². The first-order chi connectivity index (χ1) is 14.7. The van der Waals surface area contributed by atoms with Crippen LogP contribution in [-0.2, 0) is 13.6 Å². The van der Waals surface area contributed by atoms with Crippen molar-refractivity contribution in [1.82, 2.24) is 35.4 Å². The Morgan fingerprint density at radius 2 is 1.97 bits per heavy atom. The third-order valence-electron chi connectivity index (χ3n) is 4.47. The first-order valence-electron chi connectivity index (χ1n) is 9.55. The highest BCUT2D eigenvalue weighted by molar-refractivity contribution is 14.0. The third-order valence-corrected chi connectivity index (χ3v) is 4.47. The van der Waals surface area contributed by atoms with Gasteiger partial charge in [-0.3, -0.25) is 9.67 Å². The highest BCUT2D eigenvalue weighted by Gasteiger charge is 2.08. The summed E-state index contributed by atoms with van der Waals surface area (Å²) in [6.45, 7) is 1.81. The summed E-state index contributed by atoms with van der Waals surface area (Å²) in [6, 6.07) is 9.81. The molecular formula is C20H24IN9O. The normalized spacial score (nSPS) is 11.2. The molecule has 0 amide bonds. The Hall–Kier alpha value is -3.22. The van der Waals surface area contributed by atoms with Gasteiger partial charge in [-0.15, -0.1) is 24.0 Å². The number of oxazole rings is 1. The third kappa shape index (κ3) is 5.48. The number of hydrogen-bond acceptors (Lipinski definition) is 7. The quantitative estimate of drug-likeness (QED) is 0.144. The standard InChI is InChI=1S/C20H23N9O.HI/c1-21-20(24-10-15-12-30-19(28-15)14-6-4-3-5-7-14)23-9-8-22-17-16-11-27-29(2)18(16)26-13-25-17;/h3-7,11-13H,8-10H2,1-2H3,(H2,21,23,24)(H,22,25,26);1H. The van der Waals surface area contributed by atoms with Crippen LogP contribution in [0.4, 0.5) is 5.82 Å². The molecule has 0 bridgehead atoms. The summed E-state index contributed by atoms with van der Waals surface area (Å²) in [5.74, 6) is 2.04. The van der Waals surface area contributed by atoms with Gasteiger partial charge in [0.25, 0.3) is 0 Å². The van der Waals surface area contributed by atoms with Crippen LogP contribution in [0.25, 0.3) is 22.5 Å². The molecule has 0 aliphatic carbocycles. The van der Waals surface area contributed by atoms with E-state index in [0.717, 1.165) is 28.1 Å². The van der Waals surface area contributed by atoms with Crippen molar-refractivity contribution in [3.63, 3.8) is 0 Å². The van der Waals surface area contributed by atoms with Gasteiger partial charge < -0.3 is 20.4 Å². The summed E-state index contributed by atoms with van der Waals surface area (Å²) in [4.78, 5) is 17.3. The number of nitrogens with zero attached hydrogens (tertiary/aromatic N) is 6. The van der Waals surface area contributed by atoms with E-state index in [2.05, 4.69) is 41.0 Å². The smallest absolute Gasteiger partial charge is 0.226 e. The molecule has 0 radical (unpaired) electrons. The van der Waals surface area contributed by atoms with E-state index in [1.807, 2.05) is 37.4 Å². The minimum absolute atomic E-state index is 0. The van der Waals surface area contributed by atoms with E-state index in [9.17, 15) is 0 Å². The average molecular weight is 533 g/mol. The van der Waals surface area contributed by atoms with Crippen molar-refractivity contribution in [1.29, 1.82) is 0 Å². The highest BCUT2D eigenvalue weighted by atomic mass is 127. The van der Waals surface area contributed by atoms with Gasteiger partial charge in [0.15, 0.2) is 11.6 Å². The van der Waals surface area contributed by atoms with Crippen molar-refractivity contribution >= 4 is 46.8 Å². The zero-order valence-electron chi connectivity index (χ0n) is 17.2. The Bertz CT molecular complexity index is 1140. The number of rotatable bonds is 7. The Labute approximate surface area is 196 Å². The largest absolute Gasteiger partial charge is 0.444 e. The average Bonchev–Trinajstić information content (AvgIpc) is 3.41. The number of aryl methyl sites for hydroxylation is 1. The molecule has 3 N–H and O–H groups in total. The van der Waals surface area contributed by atoms with Crippen LogP contribution in [0.3, 0.4) is 0 Å². The van der Waals surface area contributed by atoms with Gasteiger partial charge in [0.05, 0.1) is 23.8 Å². The van der Waals surface area contributed by atoms with Gasteiger partial charge in [0.2, 0.25) is 5.89 Å². The summed E-state index contributed by atoms with van der Waals surface area (Å²) in [5, 5.41) is 14.9. The van der Waals surface area contributed by atoms with Crippen LogP contribution in [0.15, 0.2) is 58.5 Å². The van der Waals surface area contributed by atoms with Gasteiger partial charge in [-0.25, -0.2) is 15.0 Å². The molecule has 1 aromatic carbocycles. The second-order valence-corrected chi connectivity index (χ2v) is 6.52. The first-order valence-corrected chi connectivity index (χ1v) is 9.55. The molecule has 0 saturated carbocycles. The fourth-order valence-corrected chi connectivity index (χ4v) is 2.96. The van der Waals surface area contributed by atoms with E-state index >= 15 is 0 Å². The Morgan fingerprint density at radius 1 is 1.13 bits per heavy atom. The number of aromatic nitrogens is 5. The summed E-state index contributed by atoms with van der Waals surface area (Å²) < 4.78 is 7.28. The molecule has 10 nitrogen and oxygen atoms in total. The SMILES string of the molecule is CN=C(NCCNc1ncnc2c1cnn2C)NCc1coc(-c2ccccc2)n1.I. The zero-order chi connectivity index (χ0) is 20.8. The van der Waals surface area contributed by atoms with Crippen LogP contribution < -0.4 is 16.0 Å². The fourth-order valence-electron chi connectivity index (χ4n) is 2.96. The van der Waals surface area contributed by atoms with Gasteiger partial charge in [-0.05, 0) is 12.1 Å². The van der Waals surface area contributed by atoms with Crippen molar-refractivity contribution in [2.75, 3.05) is 25.5 Å². The summed E-state index contributed by atoms with van der Waals surface area (Å²) in [6.07, 6.45) is 4.94. The number of fused-ring (bicyclic) bond motifs is 1. The molecular weight excluding hydrogens is 509 g/mol. The molecule has 0 aliphatic rings. The van der Waals surface area contributed by atoms with Crippen LogP contribution >= 0.6 is 24.0 Å². The number of nitrogens with one attached hydrogen (secondary N) is 3. The number of guanidine groups is 1.